The molecule has 2 nitrogen and oxygen atoms in total. The third-order valence-corrected chi connectivity index (χ3v) is 3.60. The zero-order chi connectivity index (χ0) is 14.7. The van der Waals surface area contributed by atoms with Crippen molar-refractivity contribution < 1.29 is 9.84 Å². The second kappa shape index (κ2) is 6.10. The van der Waals surface area contributed by atoms with Crippen molar-refractivity contribution in [2.45, 2.75) is 40.9 Å². The largest absolute Gasteiger partial charge is 0.489 e. The van der Waals surface area contributed by atoms with Crippen LogP contribution in [0.4, 0.5) is 0 Å². The molecular weight excluding hydrogens is 248 g/mol. The van der Waals surface area contributed by atoms with Crippen LogP contribution in [0, 0.1) is 27.7 Å². The van der Waals surface area contributed by atoms with Gasteiger partial charge in [-0.05, 0) is 50.5 Å². The number of hydrogen-bond donors (Lipinski definition) is 1. The van der Waals surface area contributed by atoms with Crippen LogP contribution in [0.2, 0.25) is 0 Å². The molecule has 0 amide bonds. The fraction of sp³-hybridized carbons (Fsp3) is 0.333. The highest BCUT2D eigenvalue weighted by atomic mass is 16.5. The Balaban J connectivity index is 2.21. The Kier molecular flexibility index (Phi) is 4.46. The summed E-state index contributed by atoms with van der Waals surface area (Å²) in [4.78, 5) is 0. The molecule has 0 radical (unpaired) electrons. The van der Waals surface area contributed by atoms with Crippen LogP contribution >= 0.6 is 0 Å². The topological polar surface area (TPSA) is 29.5 Å². The predicted molar refractivity (Wildman–Crippen MR) is 82.1 cm³/mol. The van der Waals surface area contributed by atoms with Gasteiger partial charge in [-0.1, -0.05) is 35.4 Å². The smallest absolute Gasteiger partial charge is 0.125 e. The highest BCUT2D eigenvalue weighted by molar-refractivity contribution is 5.39. The molecule has 20 heavy (non-hydrogen) atoms. The molecule has 2 aromatic rings. The van der Waals surface area contributed by atoms with E-state index < -0.39 is 0 Å². The quantitative estimate of drug-likeness (QED) is 0.910. The van der Waals surface area contributed by atoms with Crippen LogP contribution in [0.1, 0.15) is 33.4 Å². The second-order valence-electron chi connectivity index (χ2n) is 5.44. The molecule has 0 aliphatic heterocycles. The van der Waals surface area contributed by atoms with Gasteiger partial charge in [-0.15, -0.1) is 0 Å². The van der Waals surface area contributed by atoms with E-state index in [-0.39, 0.29) is 6.61 Å². The Hall–Kier alpha value is -1.80. The summed E-state index contributed by atoms with van der Waals surface area (Å²) in [6.07, 6.45) is 0. The standard InChI is InChI=1S/C18H22O2/c1-12-5-6-18(16(9-12)10-19)20-11-17-14(3)7-13(2)8-15(17)4/h5-9,19H,10-11H2,1-4H3. The highest BCUT2D eigenvalue weighted by Gasteiger charge is 2.07. The summed E-state index contributed by atoms with van der Waals surface area (Å²) in [7, 11) is 0. The number of ether oxygens (including phenoxy) is 1. The molecule has 0 aliphatic rings. The Morgan fingerprint density at radius 2 is 1.55 bits per heavy atom. The maximum absolute atomic E-state index is 9.41. The van der Waals surface area contributed by atoms with E-state index >= 15 is 0 Å². The summed E-state index contributed by atoms with van der Waals surface area (Å²) in [6, 6.07) is 10.2. The van der Waals surface area contributed by atoms with Crippen molar-refractivity contribution in [3.63, 3.8) is 0 Å². The first-order chi connectivity index (χ1) is 9.51. The lowest BCUT2D eigenvalue weighted by atomic mass is 10.0. The van der Waals surface area contributed by atoms with Crippen molar-refractivity contribution in [1.82, 2.24) is 0 Å². The summed E-state index contributed by atoms with van der Waals surface area (Å²) in [5.74, 6) is 0.762. The van der Waals surface area contributed by atoms with E-state index in [2.05, 4.69) is 32.9 Å². The van der Waals surface area contributed by atoms with Crippen LogP contribution < -0.4 is 4.74 Å². The number of aliphatic hydroxyl groups excluding tert-OH is 1. The van der Waals surface area contributed by atoms with Crippen molar-refractivity contribution >= 4 is 0 Å². The van der Waals surface area contributed by atoms with Crippen LogP contribution in [0.3, 0.4) is 0 Å². The van der Waals surface area contributed by atoms with E-state index in [1.54, 1.807) is 0 Å². The van der Waals surface area contributed by atoms with Crippen molar-refractivity contribution in [2.24, 2.45) is 0 Å². The molecule has 0 saturated carbocycles. The van der Waals surface area contributed by atoms with Crippen LogP contribution in [-0.2, 0) is 13.2 Å². The molecule has 2 aromatic carbocycles. The SMILES string of the molecule is Cc1cc(C)c(COc2ccc(C)cc2CO)c(C)c1. The minimum absolute atomic E-state index is 0.00285. The van der Waals surface area contributed by atoms with Crippen molar-refractivity contribution in [1.29, 1.82) is 0 Å². The molecule has 0 spiro atoms. The molecular formula is C18H22O2. The fourth-order valence-corrected chi connectivity index (χ4v) is 2.56. The molecule has 0 unspecified atom stereocenters. The monoisotopic (exact) mass is 270 g/mol. The molecule has 2 heteroatoms. The first-order valence-electron chi connectivity index (χ1n) is 6.91. The average Bonchev–Trinajstić information content (AvgIpc) is 2.38. The van der Waals surface area contributed by atoms with Gasteiger partial charge in [0.2, 0.25) is 0 Å². The van der Waals surface area contributed by atoms with E-state index in [9.17, 15) is 5.11 Å². The highest BCUT2D eigenvalue weighted by Crippen LogP contribution is 2.23. The fourth-order valence-electron chi connectivity index (χ4n) is 2.56. The molecule has 1 N–H and O–H groups in total. The maximum Gasteiger partial charge on any atom is 0.125 e. The Bertz CT molecular complexity index is 592. The summed E-state index contributed by atoms with van der Waals surface area (Å²) in [6.45, 7) is 8.88. The Labute approximate surface area is 121 Å². The number of benzene rings is 2. The number of hydrogen-bond acceptors (Lipinski definition) is 2. The number of aryl methyl sites for hydroxylation is 4. The normalized spacial score (nSPS) is 10.7. The number of aliphatic hydroxyl groups is 1. The van der Waals surface area contributed by atoms with E-state index in [0.29, 0.717) is 6.61 Å². The van der Waals surface area contributed by atoms with Gasteiger partial charge in [-0.3, -0.25) is 0 Å². The van der Waals surface area contributed by atoms with Gasteiger partial charge >= 0.3 is 0 Å². The van der Waals surface area contributed by atoms with Gasteiger partial charge in [-0.25, -0.2) is 0 Å². The third-order valence-electron chi connectivity index (χ3n) is 3.60. The van der Waals surface area contributed by atoms with E-state index in [1.165, 1.54) is 22.3 Å². The van der Waals surface area contributed by atoms with Crippen LogP contribution in [-0.4, -0.2) is 5.11 Å². The minimum atomic E-state index is 0.00285. The molecule has 0 bridgehead atoms. The first-order valence-corrected chi connectivity index (χ1v) is 6.91. The molecule has 2 rings (SSSR count). The van der Waals surface area contributed by atoms with E-state index in [4.69, 9.17) is 4.74 Å². The molecule has 106 valence electrons. The van der Waals surface area contributed by atoms with Gasteiger partial charge in [0, 0.05) is 5.56 Å². The van der Waals surface area contributed by atoms with Gasteiger partial charge < -0.3 is 9.84 Å². The Morgan fingerprint density at radius 3 is 2.15 bits per heavy atom. The first kappa shape index (κ1) is 14.6. The van der Waals surface area contributed by atoms with Gasteiger partial charge in [0.25, 0.3) is 0 Å². The third kappa shape index (κ3) is 3.20. The van der Waals surface area contributed by atoms with Gasteiger partial charge in [0.1, 0.15) is 12.4 Å². The Morgan fingerprint density at radius 1 is 0.900 bits per heavy atom. The summed E-state index contributed by atoms with van der Waals surface area (Å²) in [5, 5.41) is 9.41. The van der Waals surface area contributed by atoms with Gasteiger partial charge in [-0.2, -0.15) is 0 Å². The molecule has 0 aromatic heterocycles. The summed E-state index contributed by atoms with van der Waals surface area (Å²) in [5.41, 5.74) is 6.96. The summed E-state index contributed by atoms with van der Waals surface area (Å²) >= 11 is 0. The van der Waals surface area contributed by atoms with Crippen LogP contribution in [0.25, 0.3) is 0 Å². The molecule has 0 aliphatic carbocycles. The zero-order valence-electron chi connectivity index (χ0n) is 12.7. The van der Waals surface area contributed by atoms with E-state index in [0.717, 1.165) is 16.9 Å². The predicted octanol–water partition coefficient (Wildman–Crippen LogP) is 3.99. The van der Waals surface area contributed by atoms with Gasteiger partial charge in [0.05, 0.1) is 6.61 Å². The maximum atomic E-state index is 9.41. The lowest BCUT2D eigenvalue weighted by molar-refractivity contribution is 0.258. The summed E-state index contributed by atoms with van der Waals surface area (Å²) < 4.78 is 5.91. The lowest BCUT2D eigenvalue weighted by Crippen LogP contribution is -2.03. The zero-order valence-corrected chi connectivity index (χ0v) is 12.7. The average molecular weight is 270 g/mol. The van der Waals surface area contributed by atoms with Crippen LogP contribution in [0.5, 0.6) is 5.75 Å². The second-order valence-corrected chi connectivity index (χ2v) is 5.44. The van der Waals surface area contributed by atoms with Crippen molar-refractivity contribution in [3.8, 4) is 5.75 Å². The lowest BCUT2D eigenvalue weighted by Gasteiger charge is -2.15. The van der Waals surface area contributed by atoms with Gasteiger partial charge in [0.15, 0.2) is 0 Å². The van der Waals surface area contributed by atoms with E-state index in [1.807, 2.05) is 25.1 Å². The van der Waals surface area contributed by atoms with Crippen molar-refractivity contribution in [2.75, 3.05) is 0 Å². The molecule has 0 heterocycles. The van der Waals surface area contributed by atoms with Crippen molar-refractivity contribution in [3.05, 3.63) is 63.7 Å². The molecule has 0 atom stereocenters. The molecule has 0 saturated heterocycles. The molecule has 0 fully saturated rings. The van der Waals surface area contributed by atoms with Crippen LogP contribution in [0.15, 0.2) is 30.3 Å². The number of rotatable bonds is 4. The minimum Gasteiger partial charge on any atom is -0.489 e.